The molecular weight excluding hydrogens is 254 g/mol. The van der Waals surface area contributed by atoms with Gasteiger partial charge in [-0.15, -0.1) is 0 Å². The molecule has 2 rings (SSSR count). The van der Waals surface area contributed by atoms with Crippen LogP contribution in [0.4, 0.5) is 20.2 Å². The number of thiocarbonyl (C=S) groups is 1. The monoisotopic (exact) mass is 264 g/mol. The summed E-state index contributed by atoms with van der Waals surface area (Å²) in [5.41, 5.74) is 0.773. The van der Waals surface area contributed by atoms with Crippen LogP contribution in [0.15, 0.2) is 48.5 Å². The van der Waals surface area contributed by atoms with Crippen molar-refractivity contribution in [1.29, 1.82) is 0 Å². The topological polar surface area (TPSA) is 24.1 Å². The van der Waals surface area contributed by atoms with Crippen molar-refractivity contribution in [3.8, 4) is 0 Å². The van der Waals surface area contributed by atoms with Gasteiger partial charge in [0, 0.05) is 5.69 Å². The van der Waals surface area contributed by atoms with Gasteiger partial charge in [0.15, 0.2) is 5.11 Å². The molecule has 0 saturated carbocycles. The van der Waals surface area contributed by atoms with Crippen LogP contribution in [0.25, 0.3) is 0 Å². The number of halogens is 2. The van der Waals surface area contributed by atoms with E-state index in [1.54, 1.807) is 30.3 Å². The first-order valence-corrected chi connectivity index (χ1v) is 5.64. The van der Waals surface area contributed by atoms with Crippen LogP contribution in [0.2, 0.25) is 0 Å². The molecular formula is C13H10F2N2S. The molecule has 0 spiro atoms. The molecule has 2 aromatic carbocycles. The van der Waals surface area contributed by atoms with Crippen LogP contribution >= 0.6 is 12.2 Å². The molecule has 0 unspecified atom stereocenters. The lowest BCUT2D eigenvalue weighted by Crippen LogP contribution is -2.19. The van der Waals surface area contributed by atoms with Gasteiger partial charge in [0.1, 0.15) is 11.6 Å². The Labute approximate surface area is 109 Å². The molecule has 92 valence electrons. The standard InChI is InChI=1S/C13H10F2N2S/c14-9-4-3-5-10(8-9)16-13(18)17-12-7-2-1-6-11(12)15/h1-8H,(H2,16,17,18). The Morgan fingerprint density at radius 3 is 2.44 bits per heavy atom. The highest BCUT2D eigenvalue weighted by atomic mass is 32.1. The fourth-order valence-corrected chi connectivity index (χ4v) is 1.64. The summed E-state index contributed by atoms with van der Waals surface area (Å²) in [5.74, 6) is -0.769. The number of hydrogen-bond acceptors (Lipinski definition) is 1. The van der Waals surface area contributed by atoms with Gasteiger partial charge in [0.05, 0.1) is 5.69 Å². The molecule has 2 nitrogen and oxygen atoms in total. The number of nitrogens with one attached hydrogen (secondary N) is 2. The molecule has 0 atom stereocenters. The highest BCUT2D eigenvalue weighted by Crippen LogP contribution is 2.14. The third kappa shape index (κ3) is 3.24. The van der Waals surface area contributed by atoms with Gasteiger partial charge in [0.2, 0.25) is 0 Å². The van der Waals surface area contributed by atoms with Gasteiger partial charge >= 0.3 is 0 Å². The van der Waals surface area contributed by atoms with E-state index in [9.17, 15) is 8.78 Å². The van der Waals surface area contributed by atoms with Crippen LogP contribution in [-0.4, -0.2) is 5.11 Å². The normalized spacial score (nSPS) is 9.89. The molecule has 0 aliphatic heterocycles. The summed E-state index contributed by atoms with van der Waals surface area (Å²) in [6.07, 6.45) is 0. The quantitative estimate of drug-likeness (QED) is 0.807. The summed E-state index contributed by atoms with van der Waals surface area (Å²) in [6, 6.07) is 12.0. The lowest BCUT2D eigenvalue weighted by atomic mass is 10.3. The van der Waals surface area contributed by atoms with Crippen molar-refractivity contribution in [1.82, 2.24) is 0 Å². The Balaban J connectivity index is 2.03. The first-order valence-electron chi connectivity index (χ1n) is 5.23. The SMILES string of the molecule is Fc1cccc(NC(=S)Nc2ccccc2F)c1. The van der Waals surface area contributed by atoms with Crippen LogP contribution < -0.4 is 10.6 Å². The van der Waals surface area contributed by atoms with Crippen molar-refractivity contribution in [2.75, 3.05) is 10.6 Å². The first kappa shape index (κ1) is 12.4. The Bertz CT molecular complexity index is 572. The van der Waals surface area contributed by atoms with Gasteiger partial charge in [-0.3, -0.25) is 0 Å². The lowest BCUT2D eigenvalue weighted by Gasteiger charge is -2.11. The van der Waals surface area contributed by atoms with E-state index < -0.39 is 5.82 Å². The second-order valence-corrected chi connectivity index (χ2v) is 3.98. The minimum absolute atomic E-state index is 0.200. The van der Waals surface area contributed by atoms with Crippen molar-refractivity contribution in [3.05, 3.63) is 60.2 Å². The van der Waals surface area contributed by atoms with E-state index >= 15 is 0 Å². The molecule has 0 aliphatic carbocycles. The maximum Gasteiger partial charge on any atom is 0.175 e. The third-order valence-corrected chi connectivity index (χ3v) is 2.41. The zero-order valence-electron chi connectivity index (χ0n) is 9.28. The van der Waals surface area contributed by atoms with Gasteiger partial charge in [-0.2, -0.15) is 0 Å². The number of benzene rings is 2. The van der Waals surface area contributed by atoms with E-state index in [0.717, 1.165) is 0 Å². The minimum Gasteiger partial charge on any atom is -0.332 e. The summed E-state index contributed by atoms with van der Waals surface area (Å²) < 4.78 is 26.3. The van der Waals surface area contributed by atoms with Gasteiger partial charge in [0.25, 0.3) is 0 Å². The van der Waals surface area contributed by atoms with Crippen LogP contribution in [0, 0.1) is 11.6 Å². The van der Waals surface area contributed by atoms with Gasteiger partial charge in [-0.1, -0.05) is 18.2 Å². The maximum atomic E-state index is 13.3. The number of anilines is 2. The number of rotatable bonds is 2. The van der Waals surface area contributed by atoms with Crippen molar-refractivity contribution in [2.45, 2.75) is 0 Å². The molecule has 0 bridgehead atoms. The van der Waals surface area contributed by atoms with Gasteiger partial charge < -0.3 is 10.6 Å². The van der Waals surface area contributed by atoms with Crippen molar-refractivity contribution in [2.24, 2.45) is 0 Å². The molecule has 5 heteroatoms. The van der Waals surface area contributed by atoms with E-state index in [0.29, 0.717) is 5.69 Å². The van der Waals surface area contributed by atoms with Crippen molar-refractivity contribution < 1.29 is 8.78 Å². The van der Waals surface area contributed by atoms with Gasteiger partial charge in [-0.05, 0) is 42.5 Å². The largest absolute Gasteiger partial charge is 0.332 e. The van der Waals surface area contributed by atoms with Crippen LogP contribution in [0.3, 0.4) is 0 Å². The molecule has 0 amide bonds. The van der Waals surface area contributed by atoms with E-state index in [1.807, 2.05) is 0 Å². The molecule has 2 N–H and O–H groups in total. The van der Waals surface area contributed by atoms with E-state index in [1.165, 1.54) is 18.2 Å². The summed E-state index contributed by atoms with van der Waals surface area (Å²) >= 11 is 5.01. The highest BCUT2D eigenvalue weighted by molar-refractivity contribution is 7.80. The zero-order valence-corrected chi connectivity index (χ0v) is 10.1. The summed E-state index contributed by atoms with van der Waals surface area (Å²) in [6.45, 7) is 0. The summed E-state index contributed by atoms with van der Waals surface area (Å²) in [7, 11) is 0. The summed E-state index contributed by atoms with van der Waals surface area (Å²) in [5, 5.41) is 5.67. The average molecular weight is 264 g/mol. The highest BCUT2D eigenvalue weighted by Gasteiger charge is 2.03. The third-order valence-electron chi connectivity index (χ3n) is 2.20. The number of para-hydroxylation sites is 1. The average Bonchev–Trinajstić information content (AvgIpc) is 2.32. The second-order valence-electron chi connectivity index (χ2n) is 3.57. The molecule has 0 fully saturated rings. The van der Waals surface area contributed by atoms with Crippen molar-refractivity contribution >= 4 is 28.7 Å². The molecule has 0 aromatic heterocycles. The Morgan fingerprint density at radius 1 is 0.944 bits per heavy atom. The van der Waals surface area contributed by atoms with E-state index in [-0.39, 0.29) is 16.6 Å². The smallest absolute Gasteiger partial charge is 0.175 e. The first-order chi connectivity index (χ1) is 8.65. The Morgan fingerprint density at radius 2 is 1.72 bits per heavy atom. The van der Waals surface area contributed by atoms with E-state index in [4.69, 9.17) is 12.2 Å². The molecule has 18 heavy (non-hydrogen) atoms. The lowest BCUT2D eigenvalue weighted by molar-refractivity contribution is 0.628. The summed E-state index contributed by atoms with van der Waals surface area (Å²) in [4.78, 5) is 0. The molecule has 0 aliphatic rings. The predicted molar refractivity (Wildman–Crippen MR) is 72.6 cm³/mol. The number of hydrogen-bond donors (Lipinski definition) is 2. The zero-order chi connectivity index (χ0) is 13.0. The predicted octanol–water partition coefficient (Wildman–Crippen LogP) is 3.77. The van der Waals surface area contributed by atoms with Crippen LogP contribution in [0.1, 0.15) is 0 Å². The Kier molecular flexibility index (Phi) is 3.84. The fraction of sp³-hybridized carbons (Fsp3) is 0. The fourth-order valence-electron chi connectivity index (χ4n) is 1.41. The van der Waals surface area contributed by atoms with E-state index in [2.05, 4.69) is 10.6 Å². The molecule has 0 radical (unpaired) electrons. The molecule has 0 heterocycles. The van der Waals surface area contributed by atoms with Crippen LogP contribution in [0.5, 0.6) is 0 Å². The van der Waals surface area contributed by atoms with Crippen LogP contribution in [-0.2, 0) is 0 Å². The Hall–Kier alpha value is -2.01. The molecule has 2 aromatic rings. The van der Waals surface area contributed by atoms with Gasteiger partial charge in [-0.25, -0.2) is 8.78 Å². The second kappa shape index (κ2) is 5.55. The maximum absolute atomic E-state index is 13.3. The molecule has 0 saturated heterocycles. The minimum atomic E-state index is -0.402. The van der Waals surface area contributed by atoms with Crippen molar-refractivity contribution in [3.63, 3.8) is 0 Å².